The lowest BCUT2D eigenvalue weighted by Crippen LogP contribution is -1.96. The molecule has 7 heteroatoms. The van der Waals surface area contributed by atoms with Gasteiger partial charge >= 0.3 is 0 Å². The van der Waals surface area contributed by atoms with Crippen LogP contribution in [0.4, 0.5) is 0 Å². The summed E-state index contributed by atoms with van der Waals surface area (Å²) < 4.78 is 23.3. The second-order valence-electron chi connectivity index (χ2n) is 2.38. The molecule has 0 N–H and O–H groups in total. The smallest absolute Gasteiger partial charge is 0.280 e. The maximum absolute atomic E-state index is 10.8. The molecule has 1 rings (SSSR count). The Balaban J connectivity index is 2.76. The molecule has 1 aromatic rings. The molecule has 1 heterocycles. The van der Waals surface area contributed by atoms with Gasteiger partial charge in [0.2, 0.25) is 0 Å². The summed E-state index contributed by atoms with van der Waals surface area (Å²) in [5, 5.41) is -0.0877. The number of aryl methyl sites for hydroxylation is 1. The minimum atomic E-state index is -3.67. The maximum atomic E-state index is 10.8. The third-order valence-electron chi connectivity index (χ3n) is 1.41. The van der Waals surface area contributed by atoms with E-state index >= 15 is 0 Å². The molecule has 4 nitrogen and oxygen atoms in total. The Morgan fingerprint density at radius 1 is 1.69 bits per heavy atom. The number of hydrogen-bond donors (Lipinski definition) is 0. The van der Waals surface area contributed by atoms with Gasteiger partial charge in [-0.05, 0) is 6.26 Å². The third kappa shape index (κ3) is 3.21. The molecule has 0 radical (unpaired) electrons. The van der Waals surface area contributed by atoms with E-state index in [0.717, 1.165) is 12.3 Å². The summed E-state index contributed by atoms with van der Waals surface area (Å²) in [5.41, 5.74) is 0. The lowest BCUT2D eigenvalue weighted by atomic mass is 10.7. The predicted octanol–water partition coefficient (Wildman–Crippen LogP) is 1.17. The SMILES string of the molecule is CSCCn1cnc(S(=O)(=O)Cl)c1. The number of imidazole rings is 1. The number of aromatic nitrogens is 2. The maximum Gasteiger partial charge on any atom is 0.280 e. The first-order valence-electron chi connectivity index (χ1n) is 3.49. The van der Waals surface area contributed by atoms with E-state index in [4.69, 9.17) is 10.7 Å². The Morgan fingerprint density at radius 2 is 2.38 bits per heavy atom. The molecule has 0 fully saturated rings. The molecular formula is C6H9ClN2O2S2. The van der Waals surface area contributed by atoms with Crippen molar-refractivity contribution < 1.29 is 8.42 Å². The highest BCUT2D eigenvalue weighted by molar-refractivity contribution is 8.13. The summed E-state index contributed by atoms with van der Waals surface area (Å²) in [5.74, 6) is 0.915. The van der Waals surface area contributed by atoms with Gasteiger partial charge in [-0.3, -0.25) is 0 Å². The van der Waals surface area contributed by atoms with Crippen molar-refractivity contribution in [3.63, 3.8) is 0 Å². The quantitative estimate of drug-likeness (QED) is 0.742. The van der Waals surface area contributed by atoms with Crippen molar-refractivity contribution in [2.75, 3.05) is 12.0 Å². The number of nitrogens with zero attached hydrogens (tertiary/aromatic N) is 2. The second kappa shape index (κ2) is 4.34. The molecular weight excluding hydrogens is 232 g/mol. The van der Waals surface area contributed by atoms with Crippen molar-refractivity contribution in [3.8, 4) is 0 Å². The Hall–Kier alpha value is -0.200. The van der Waals surface area contributed by atoms with E-state index < -0.39 is 9.05 Å². The molecule has 0 saturated heterocycles. The molecule has 0 bridgehead atoms. The molecule has 0 aliphatic rings. The van der Waals surface area contributed by atoms with E-state index in [1.54, 1.807) is 16.3 Å². The van der Waals surface area contributed by atoms with E-state index in [9.17, 15) is 8.42 Å². The van der Waals surface area contributed by atoms with Gasteiger partial charge in [0, 0.05) is 29.2 Å². The minimum absolute atomic E-state index is 0.0877. The van der Waals surface area contributed by atoms with Gasteiger partial charge in [-0.15, -0.1) is 0 Å². The van der Waals surface area contributed by atoms with Crippen LogP contribution >= 0.6 is 22.4 Å². The zero-order valence-corrected chi connectivity index (χ0v) is 9.36. The normalized spacial score (nSPS) is 11.8. The van der Waals surface area contributed by atoms with Gasteiger partial charge in [0.1, 0.15) is 0 Å². The number of halogens is 1. The van der Waals surface area contributed by atoms with E-state index in [0.29, 0.717) is 0 Å². The standard InChI is InChI=1S/C6H9ClN2O2S2/c1-12-3-2-9-4-6(8-5-9)13(7,10)11/h4-5H,2-3H2,1H3. The second-order valence-corrected chi connectivity index (χ2v) is 5.88. The van der Waals surface area contributed by atoms with Crippen molar-refractivity contribution >= 4 is 31.5 Å². The zero-order chi connectivity index (χ0) is 9.90. The van der Waals surface area contributed by atoms with Crippen molar-refractivity contribution in [1.29, 1.82) is 0 Å². The number of thioether (sulfide) groups is 1. The van der Waals surface area contributed by atoms with Crippen LogP contribution in [0.3, 0.4) is 0 Å². The monoisotopic (exact) mass is 240 g/mol. The van der Waals surface area contributed by atoms with Crippen LogP contribution in [0.15, 0.2) is 17.6 Å². The molecule has 0 atom stereocenters. The van der Waals surface area contributed by atoms with Crippen molar-refractivity contribution in [2.24, 2.45) is 0 Å². The van der Waals surface area contributed by atoms with Gasteiger partial charge in [0.15, 0.2) is 5.03 Å². The van der Waals surface area contributed by atoms with Crippen LogP contribution in [-0.2, 0) is 15.6 Å². The summed E-state index contributed by atoms with van der Waals surface area (Å²) in [6.45, 7) is 0.737. The van der Waals surface area contributed by atoms with Crippen molar-refractivity contribution in [1.82, 2.24) is 9.55 Å². The average Bonchev–Trinajstić information content (AvgIpc) is 2.47. The topological polar surface area (TPSA) is 52.0 Å². The van der Waals surface area contributed by atoms with Crippen molar-refractivity contribution in [2.45, 2.75) is 11.6 Å². The van der Waals surface area contributed by atoms with Gasteiger partial charge < -0.3 is 4.57 Å². The van der Waals surface area contributed by atoms with Gasteiger partial charge in [-0.1, -0.05) is 0 Å². The highest BCUT2D eigenvalue weighted by Crippen LogP contribution is 2.11. The highest BCUT2D eigenvalue weighted by Gasteiger charge is 2.12. The number of hydrogen-bond acceptors (Lipinski definition) is 4. The van der Waals surface area contributed by atoms with Crippen LogP contribution in [0.5, 0.6) is 0 Å². The molecule has 1 aromatic heterocycles. The Labute approximate surface area is 85.7 Å². The van der Waals surface area contributed by atoms with E-state index in [-0.39, 0.29) is 5.03 Å². The van der Waals surface area contributed by atoms with Crippen LogP contribution < -0.4 is 0 Å². The van der Waals surface area contributed by atoms with Gasteiger partial charge in [-0.25, -0.2) is 13.4 Å². The Kier molecular flexibility index (Phi) is 3.63. The van der Waals surface area contributed by atoms with Gasteiger partial charge in [0.05, 0.1) is 6.33 Å². The fourth-order valence-corrected chi connectivity index (χ4v) is 1.85. The van der Waals surface area contributed by atoms with Gasteiger partial charge in [-0.2, -0.15) is 11.8 Å². The highest BCUT2D eigenvalue weighted by atomic mass is 35.7. The molecule has 0 aromatic carbocycles. The van der Waals surface area contributed by atoms with Crippen molar-refractivity contribution in [3.05, 3.63) is 12.5 Å². The fraction of sp³-hybridized carbons (Fsp3) is 0.500. The zero-order valence-electron chi connectivity index (χ0n) is 6.97. The lowest BCUT2D eigenvalue weighted by Gasteiger charge is -1.96. The predicted molar refractivity (Wildman–Crippen MR) is 53.6 cm³/mol. The van der Waals surface area contributed by atoms with E-state index in [2.05, 4.69) is 4.98 Å². The fourth-order valence-electron chi connectivity index (χ4n) is 0.784. The van der Waals surface area contributed by atoms with E-state index in [1.807, 2.05) is 6.26 Å². The molecule has 0 unspecified atom stereocenters. The Morgan fingerprint density at radius 3 is 2.85 bits per heavy atom. The summed E-state index contributed by atoms with van der Waals surface area (Å²) in [7, 11) is 1.42. The van der Waals surface area contributed by atoms with Crippen LogP contribution in [0, 0.1) is 0 Å². The summed E-state index contributed by atoms with van der Waals surface area (Å²) in [4.78, 5) is 3.67. The third-order valence-corrected chi connectivity index (χ3v) is 3.19. The molecule has 74 valence electrons. The first-order chi connectivity index (χ1) is 6.04. The molecule has 0 aliphatic heterocycles. The van der Waals surface area contributed by atoms with Crippen LogP contribution in [0.1, 0.15) is 0 Å². The molecule has 0 saturated carbocycles. The first kappa shape index (κ1) is 10.9. The van der Waals surface area contributed by atoms with Gasteiger partial charge in [0.25, 0.3) is 9.05 Å². The lowest BCUT2D eigenvalue weighted by molar-refractivity contribution is 0.606. The minimum Gasteiger partial charge on any atom is -0.335 e. The summed E-state index contributed by atoms with van der Waals surface area (Å²) >= 11 is 1.68. The molecule has 0 spiro atoms. The first-order valence-corrected chi connectivity index (χ1v) is 7.19. The van der Waals surface area contributed by atoms with Crippen LogP contribution in [0.2, 0.25) is 0 Å². The van der Waals surface area contributed by atoms with Crippen LogP contribution in [0.25, 0.3) is 0 Å². The van der Waals surface area contributed by atoms with E-state index in [1.165, 1.54) is 12.5 Å². The Bertz CT molecular complexity index is 374. The molecule has 0 amide bonds. The number of rotatable bonds is 4. The molecule has 13 heavy (non-hydrogen) atoms. The largest absolute Gasteiger partial charge is 0.335 e. The van der Waals surface area contributed by atoms with Crippen LogP contribution in [-0.4, -0.2) is 30.0 Å². The average molecular weight is 241 g/mol. The summed E-state index contributed by atoms with van der Waals surface area (Å²) in [6, 6.07) is 0. The molecule has 0 aliphatic carbocycles. The summed E-state index contributed by atoms with van der Waals surface area (Å²) in [6.07, 6.45) is 4.88.